The Kier molecular flexibility index (Phi) is 4.38. The van der Waals surface area contributed by atoms with Crippen LogP contribution in [0.25, 0.3) is 0 Å². The number of hydrogen-bond donors (Lipinski definition) is 2. The monoisotopic (exact) mass is 388 g/mol. The van der Waals surface area contributed by atoms with Crippen molar-refractivity contribution in [2.75, 3.05) is 5.32 Å². The molecule has 1 aromatic rings. The van der Waals surface area contributed by atoms with Gasteiger partial charge in [-0.3, -0.25) is 4.79 Å². The van der Waals surface area contributed by atoms with Gasteiger partial charge >= 0.3 is 0 Å². The normalized spacial score (nSPS) is 26.5. The van der Waals surface area contributed by atoms with Gasteiger partial charge in [0.05, 0.1) is 11.1 Å². The molecule has 1 aliphatic carbocycles. The molecule has 1 aromatic carbocycles. The molecule has 0 radical (unpaired) electrons. The van der Waals surface area contributed by atoms with E-state index >= 15 is 0 Å². The summed E-state index contributed by atoms with van der Waals surface area (Å²) < 4.78 is 1.76. The third-order valence-corrected chi connectivity index (χ3v) is 5.22. The third-order valence-electron chi connectivity index (χ3n) is 3.97. The van der Waals surface area contributed by atoms with Gasteiger partial charge in [-0.25, -0.2) is 0 Å². The number of nitrogens with two attached hydrogens (primary N) is 1. The Hall–Kier alpha value is -0.390. The molecular weight excluding hydrogens is 372 g/mol. The highest BCUT2D eigenvalue weighted by Crippen LogP contribution is 2.39. The van der Waals surface area contributed by atoms with Crippen LogP contribution in [0.1, 0.15) is 31.7 Å². The molecule has 0 spiro atoms. The van der Waals surface area contributed by atoms with E-state index in [0.717, 1.165) is 39.5 Å². The predicted molar refractivity (Wildman–Crippen MR) is 85.1 cm³/mol. The van der Waals surface area contributed by atoms with Gasteiger partial charge in [-0.05, 0) is 76.2 Å². The first kappa shape index (κ1) is 15.0. The maximum atomic E-state index is 12.5. The minimum Gasteiger partial charge on any atom is -0.327 e. The van der Waals surface area contributed by atoms with Crippen molar-refractivity contribution in [3.05, 3.63) is 26.6 Å². The summed E-state index contributed by atoms with van der Waals surface area (Å²) in [7, 11) is 0. The van der Waals surface area contributed by atoms with Gasteiger partial charge in [-0.15, -0.1) is 0 Å². The van der Waals surface area contributed by atoms with E-state index in [-0.39, 0.29) is 11.9 Å². The molecule has 3 nitrogen and oxygen atoms in total. The largest absolute Gasteiger partial charge is 0.327 e. The zero-order valence-electron chi connectivity index (χ0n) is 11.1. The molecule has 0 aliphatic heterocycles. The quantitative estimate of drug-likeness (QED) is 0.803. The van der Waals surface area contributed by atoms with Gasteiger partial charge < -0.3 is 11.1 Å². The fraction of sp³-hybridized carbons (Fsp3) is 0.500. The minimum atomic E-state index is -0.468. The van der Waals surface area contributed by atoms with Crippen molar-refractivity contribution < 1.29 is 4.79 Å². The van der Waals surface area contributed by atoms with Crippen molar-refractivity contribution in [1.29, 1.82) is 0 Å². The molecule has 1 aliphatic rings. The van der Waals surface area contributed by atoms with Gasteiger partial charge in [-0.1, -0.05) is 6.42 Å². The van der Waals surface area contributed by atoms with E-state index in [2.05, 4.69) is 37.2 Å². The van der Waals surface area contributed by atoms with Crippen molar-refractivity contribution in [2.45, 2.75) is 39.2 Å². The molecule has 3 N–H and O–H groups in total. The van der Waals surface area contributed by atoms with Gasteiger partial charge in [0.1, 0.15) is 0 Å². The van der Waals surface area contributed by atoms with Crippen LogP contribution in [-0.4, -0.2) is 11.9 Å². The predicted octanol–water partition coefficient (Wildman–Crippen LogP) is 3.98. The molecule has 19 heavy (non-hydrogen) atoms. The summed E-state index contributed by atoms with van der Waals surface area (Å²) >= 11 is 6.98. The van der Waals surface area contributed by atoms with Crippen LogP contribution in [0.3, 0.4) is 0 Å². The second-order valence-electron chi connectivity index (χ2n) is 5.47. The van der Waals surface area contributed by atoms with E-state index in [1.807, 2.05) is 26.0 Å². The Morgan fingerprint density at radius 3 is 2.47 bits per heavy atom. The lowest BCUT2D eigenvalue weighted by Crippen LogP contribution is -2.44. The van der Waals surface area contributed by atoms with Crippen LogP contribution in [0, 0.1) is 12.3 Å². The number of benzene rings is 1. The van der Waals surface area contributed by atoms with Crippen molar-refractivity contribution in [3.63, 3.8) is 0 Å². The molecule has 2 rings (SSSR count). The van der Waals surface area contributed by atoms with Crippen LogP contribution in [0.15, 0.2) is 21.1 Å². The van der Waals surface area contributed by atoms with E-state index in [0.29, 0.717) is 0 Å². The van der Waals surface area contributed by atoms with E-state index in [1.54, 1.807) is 0 Å². The van der Waals surface area contributed by atoms with Crippen LogP contribution in [-0.2, 0) is 4.79 Å². The van der Waals surface area contributed by atoms with Crippen LogP contribution in [0.2, 0.25) is 0 Å². The average Bonchev–Trinajstić information content (AvgIpc) is 2.65. The Labute approximate surface area is 130 Å². The average molecular weight is 390 g/mol. The van der Waals surface area contributed by atoms with Crippen molar-refractivity contribution in [1.82, 2.24) is 0 Å². The van der Waals surface area contributed by atoms with Crippen LogP contribution < -0.4 is 11.1 Å². The topological polar surface area (TPSA) is 55.1 Å². The number of rotatable bonds is 2. The lowest BCUT2D eigenvalue weighted by Gasteiger charge is -2.28. The van der Waals surface area contributed by atoms with Crippen molar-refractivity contribution >= 4 is 43.5 Å². The van der Waals surface area contributed by atoms with Crippen LogP contribution >= 0.6 is 31.9 Å². The molecule has 0 bridgehead atoms. The highest BCUT2D eigenvalue weighted by molar-refractivity contribution is 9.11. The Bertz CT molecular complexity index is 495. The lowest BCUT2D eigenvalue weighted by molar-refractivity contribution is -0.125. The molecule has 104 valence electrons. The maximum absolute atomic E-state index is 12.5. The standard InChI is InChI=1S/C14H18Br2N2O/c1-8-6-9(15)12(10(16)7-8)18-13(19)14(2)5-3-4-11(14)17/h6-7,11H,3-5,17H2,1-2H3,(H,18,19). The lowest BCUT2D eigenvalue weighted by atomic mass is 9.84. The van der Waals surface area contributed by atoms with E-state index < -0.39 is 5.41 Å². The third kappa shape index (κ3) is 2.88. The summed E-state index contributed by atoms with van der Waals surface area (Å²) in [6, 6.07) is 3.91. The number of amides is 1. The fourth-order valence-corrected chi connectivity index (χ4v) is 4.16. The SMILES string of the molecule is Cc1cc(Br)c(NC(=O)C2(C)CCCC2N)c(Br)c1. The summed E-state index contributed by atoms with van der Waals surface area (Å²) in [6.45, 7) is 3.96. The maximum Gasteiger partial charge on any atom is 0.231 e. The highest BCUT2D eigenvalue weighted by atomic mass is 79.9. The van der Waals surface area contributed by atoms with E-state index in [1.165, 1.54) is 0 Å². The van der Waals surface area contributed by atoms with Gasteiger partial charge in [-0.2, -0.15) is 0 Å². The number of hydrogen-bond acceptors (Lipinski definition) is 2. The first-order valence-corrected chi connectivity index (χ1v) is 7.96. The second-order valence-corrected chi connectivity index (χ2v) is 7.18. The number of carbonyl (C=O) groups excluding carboxylic acids is 1. The molecule has 0 heterocycles. The Morgan fingerprint density at radius 1 is 1.42 bits per heavy atom. The zero-order valence-corrected chi connectivity index (χ0v) is 14.3. The second kappa shape index (κ2) is 5.54. The number of nitrogens with one attached hydrogen (secondary N) is 1. The smallest absolute Gasteiger partial charge is 0.231 e. The highest BCUT2D eigenvalue weighted by Gasteiger charge is 2.43. The summed E-state index contributed by atoms with van der Waals surface area (Å²) in [5, 5.41) is 3.01. The molecule has 5 heteroatoms. The van der Waals surface area contributed by atoms with E-state index in [9.17, 15) is 4.79 Å². The van der Waals surface area contributed by atoms with Gasteiger partial charge in [0.25, 0.3) is 0 Å². The van der Waals surface area contributed by atoms with Gasteiger partial charge in [0.2, 0.25) is 5.91 Å². The molecular formula is C14H18Br2N2O. The molecule has 2 atom stereocenters. The fourth-order valence-electron chi connectivity index (χ4n) is 2.55. The van der Waals surface area contributed by atoms with Crippen molar-refractivity contribution in [2.24, 2.45) is 11.1 Å². The van der Waals surface area contributed by atoms with Gasteiger partial charge in [0.15, 0.2) is 0 Å². The Balaban J connectivity index is 2.25. The van der Waals surface area contributed by atoms with Crippen LogP contribution in [0.4, 0.5) is 5.69 Å². The Morgan fingerprint density at radius 2 is 2.00 bits per heavy atom. The molecule has 0 aromatic heterocycles. The summed E-state index contributed by atoms with van der Waals surface area (Å²) in [6.07, 6.45) is 2.78. The number of anilines is 1. The summed E-state index contributed by atoms with van der Waals surface area (Å²) in [4.78, 5) is 12.5. The molecule has 0 saturated heterocycles. The van der Waals surface area contributed by atoms with Gasteiger partial charge in [0, 0.05) is 15.0 Å². The summed E-state index contributed by atoms with van der Waals surface area (Å²) in [5.41, 5.74) is 7.51. The van der Waals surface area contributed by atoms with E-state index in [4.69, 9.17) is 5.73 Å². The zero-order chi connectivity index (χ0) is 14.2. The number of aryl methyl sites for hydroxylation is 1. The molecule has 1 amide bonds. The first-order valence-electron chi connectivity index (χ1n) is 6.37. The molecule has 1 saturated carbocycles. The first-order chi connectivity index (χ1) is 8.84. The molecule has 1 fully saturated rings. The molecule has 2 unspecified atom stereocenters. The number of halogens is 2. The summed E-state index contributed by atoms with van der Waals surface area (Å²) in [5.74, 6) is 0.00255. The number of carbonyl (C=O) groups is 1. The van der Waals surface area contributed by atoms with Crippen LogP contribution in [0.5, 0.6) is 0 Å². The minimum absolute atomic E-state index is 0.00255. The van der Waals surface area contributed by atoms with Crippen molar-refractivity contribution in [3.8, 4) is 0 Å².